The number of nitrogens with two attached hydrogens (primary N) is 1. The lowest BCUT2D eigenvalue weighted by molar-refractivity contribution is -0.754. The standard InChI is InChI=1S/C28H33N4O7/c1-28(2,3)38-27(36)24(39-32-25(34)22-7-5-6-8-23(22)26(32)35)17-37-21-11-9-18(10-12-21)19-14-30(4)31(15-19)16-20(33)13-29/h5-12,14-15,20,24,33H,13,16-17,29H2,1-4H3/q+1/t20?,24-/m0/s1. The molecule has 4 rings (SSSR count). The smallest absolute Gasteiger partial charge is 0.342 e. The van der Waals surface area contributed by atoms with Gasteiger partial charge in [-0.3, -0.25) is 9.59 Å². The third-order valence-corrected chi connectivity index (χ3v) is 5.94. The summed E-state index contributed by atoms with van der Waals surface area (Å²) in [7, 11) is 1.87. The summed E-state index contributed by atoms with van der Waals surface area (Å²) in [6.45, 7) is 5.34. The number of ether oxygens (including phenoxy) is 2. The molecule has 3 N–H and O–H groups in total. The number of carbonyl (C=O) groups is 3. The molecule has 0 radical (unpaired) electrons. The minimum Gasteiger partial charge on any atom is -0.490 e. The van der Waals surface area contributed by atoms with Crippen LogP contribution in [0.2, 0.25) is 0 Å². The van der Waals surface area contributed by atoms with Gasteiger partial charge in [-0.2, -0.15) is 4.68 Å². The van der Waals surface area contributed by atoms with Crippen LogP contribution in [0.3, 0.4) is 0 Å². The van der Waals surface area contributed by atoms with Crippen molar-refractivity contribution >= 4 is 17.8 Å². The largest absolute Gasteiger partial charge is 0.490 e. The second-order valence-electron chi connectivity index (χ2n) is 10.2. The number of rotatable bonds is 10. The highest BCUT2D eigenvalue weighted by molar-refractivity contribution is 6.20. The van der Waals surface area contributed by atoms with E-state index in [0.717, 1.165) is 11.1 Å². The Balaban J connectivity index is 1.46. The van der Waals surface area contributed by atoms with Crippen molar-refractivity contribution in [3.8, 4) is 16.9 Å². The minimum absolute atomic E-state index is 0.167. The number of nitrogens with zero attached hydrogens (tertiary/aromatic N) is 3. The summed E-state index contributed by atoms with van der Waals surface area (Å²) >= 11 is 0. The van der Waals surface area contributed by atoms with E-state index in [1.807, 2.05) is 40.9 Å². The lowest BCUT2D eigenvalue weighted by atomic mass is 10.1. The van der Waals surface area contributed by atoms with Crippen LogP contribution in [-0.4, -0.2) is 63.6 Å². The lowest BCUT2D eigenvalue weighted by Crippen LogP contribution is -2.43. The molecule has 2 aromatic carbocycles. The zero-order chi connectivity index (χ0) is 28.3. The van der Waals surface area contributed by atoms with E-state index in [0.29, 0.717) is 17.4 Å². The number of esters is 1. The van der Waals surface area contributed by atoms with Crippen LogP contribution >= 0.6 is 0 Å². The molecule has 3 aromatic rings. The van der Waals surface area contributed by atoms with Crippen molar-refractivity contribution in [2.45, 2.75) is 45.1 Å². The predicted molar refractivity (Wildman–Crippen MR) is 139 cm³/mol. The summed E-state index contributed by atoms with van der Waals surface area (Å²) in [5.41, 5.74) is 6.92. The molecule has 1 aliphatic heterocycles. The SMILES string of the molecule is C[n+]1cc(-c2ccc(OC[C@H](ON3C(=O)c4ccccc4C3=O)C(=O)OC(C)(C)C)cc2)cn1CC(O)CN. The summed E-state index contributed by atoms with van der Waals surface area (Å²) in [5.74, 6) is -1.65. The number of amides is 2. The van der Waals surface area contributed by atoms with Crippen molar-refractivity contribution in [1.29, 1.82) is 0 Å². The second-order valence-corrected chi connectivity index (χ2v) is 10.2. The number of carbonyl (C=O) groups excluding carboxylic acids is 3. The molecule has 1 aromatic heterocycles. The molecule has 206 valence electrons. The summed E-state index contributed by atoms with van der Waals surface area (Å²) in [5, 5.41) is 10.4. The maximum atomic E-state index is 12.9. The number of aromatic nitrogens is 2. The van der Waals surface area contributed by atoms with Gasteiger partial charge in [0.15, 0.2) is 7.05 Å². The first kappa shape index (κ1) is 28.0. The first-order valence-corrected chi connectivity index (χ1v) is 12.5. The average Bonchev–Trinajstić information content (AvgIpc) is 3.37. The normalized spacial score (nSPS) is 14.8. The molecule has 2 atom stereocenters. The van der Waals surface area contributed by atoms with Crippen LogP contribution in [0, 0.1) is 0 Å². The quantitative estimate of drug-likeness (QED) is 0.226. The molecule has 39 heavy (non-hydrogen) atoms. The maximum absolute atomic E-state index is 12.9. The number of aliphatic hydroxyl groups is 1. The molecule has 0 bridgehead atoms. The van der Waals surface area contributed by atoms with E-state index in [9.17, 15) is 19.5 Å². The molecular weight excluding hydrogens is 504 g/mol. The highest BCUT2D eigenvalue weighted by Crippen LogP contribution is 2.25. The third kappa shape index (κ3) is 6.51. The van der Waals surface area contributed by atoms with Crippen LogP contribution in [-0.2, 0) is 28.0 Å². The summed E-state index contributed by atoms with van der Waals surface area (Å²) in [6.07, 6.45) is 1.80. The van der Waals surface area contributed by atoms with Crippen molar-refractivity contribution < 1.29 is 38.5 Å². The number of hydrogen-bond donors (Lipinski definition) is 2. The van der Waals surface area contributed by atoms with Crippen LogP contribution in [0.15, 0.2) is 60.9 Å². The van der Waals surface area contributed by atoms with Gasteiger partial charge in [-0.15, -0.1) is 9.75 Å². The molecule has 2 heterocycles. The van der Waals surface area contributed by atoms with Crippen molar-refractivity contribution in [2.75, 3.05) is 13.2 Å². The van der Waals surface area contributed by atoms with E-state index >= 15 is 0 Å². The Labute approximate surface area is 226 Å². The van der Waals surface area contributed by atoms with Crippen LogP contribution in [0.1, 0.15) is 41.5 Å². The van der Waals surface area contributed by atoms with Crippen LogP contribution in [0.25, 0.3) is 11.1 Å². The predicted octanol–water partition coefficient (Wildman–Crippen LogP) is 1.62. The Bertz CT molecular complexity index is 1330. The summed E-state index contributed by atoms with van der Waals surface area (Å²) in [6, 6.07) is 13.5. The fourth-order valence-electron chi connectivity index (χ4n) is 4.00. The molecule has 1 unspecified atom stereocenters. The van der Waals surface area contributed by atoms with Gasteiger partial charge in [0.1, 0.15) is 24.5 Å². The van der Waals surface area contributed by atoms with Gasteiger partial charge in [0.2, 0.25) is 12.3 Å². The fourth-order valence-corrected chi connectivity index (χ4v) is 4.00. The van der Waals surface area contributed by atoms with E-state index < -0.39 is 35.6 Å². The zero-order valence-corrected chi connectivity index (χ0v) is 22.4. The highest BCUT2D eigenvalue weighted by atomic mass is 16.7. The van der Waals surface area contributed by atoms with Gasteiger partial charge in [-0.25, -0.2) is 9.63 Å². The Morgan fingerprint density at radius 1 is 1.03 bits per heavy atom. The van der Waals surface area contributed by atoms with Gasteiger partial charge in [0.05, 0.1) is 29.0 Å². The van der Waals surface area contributed by atoms with Crippen LogP contribution in [0.4, 0.5) is 0 Å². The molecular formula is C28H33N4O7+. The number of aliphatic hydroxyl groups excluding tert-OH is 1. The van der Waals surface area contributed by atoms with Gasteiger partial charge in [-0.05, 0) is 50.6 Å². The minimum atomic E-state index is -1.38. The first-order valence-electron chi connectivity index (χ1n) is 12.5. The topological polar surface area (TPSA) is 137 Å². The lowest BCUT2D eigenvalue weighted by Gasteiger charge is -2.26. The number of hydrogen-bond acceptors (Lipinski definition) is 8. The van der Waals surface area contributed by atoms with Gasteiger partial charge in [-0.1, -0.05) is 24.3 Å². The monoisotopic (exact) mass is 537 g/mol. The van der Waals surface area contributed by atoms with Gasteiger partial charge < -0.3 is 20.3 Å². The second kappa shape index (κ2) is 11.4. The first-order chi connectivity index (χ1) is 18.5. The van der Waals surface area contributed by atoms with E-state index in [1.165, 1.54) is 12.1 Å². The molecule has 0 saturated carbocycles. The van der Waals surface area contributed by atoms with Crippen molar-refractivity contribution in [3.63, 3.8) is 0 Å². The Morgan fingerprint density at radius 2 is 1.64 bits per heavy atom. The fraction of sp³-hybridized carbons (Fsp3) is 0.357. The van der Waals surface area contributed by atoms with Crippen LogP contribution < -0.4 is 15.2 Å². The number of benzene rings is 2. The molecule has 0 saturated heterocycles. The molecule has 0 aliphatic carbocycles. The Hall–Kier alpha value is -4.06. The molecule has 1 aliphatic rings. The van der Waals surface area contributed by atoms with E-state index in [1.54, 1.807) is 45.0 Å². The van der Waals surface area contributed by atoms with Crippen molar-refractivity contribution in [1.82, 2.24) is 9.75 Å². The summed E-state index contributed by atoms with van der Waals surface area (Å²) in [4.78, 5) is 44.0. The molecule has 11 nitrogen and oxygen atoms in total. The molecule has 0 fully saturated rings. The van der Waals surface area contributed by atoms with Gasteiger partial charge in [0.25, 0.3) is 11.8 Å². The van der Waals surface area contributed by atoms with Gasteiger partial charge in [0, 0.05) is 6.54 Å². The number of aryl methyl sites for hydroxylation is 1. The maximum Gasteiger partial charge on any atom is 0.342 e. The van der Waals surface area contributed by atoms with E-state index in [-0.39, 0.29) is 24.3 Å². The number of imide groups is 1. The summed E-state index contributed by atoms with van der Waals surface area (Å²) < 4.78 is 15.0. The third-order valence-electron chi connectivity index (χ3n) is 5.94. The molecule has 2 amide bonds. The zero-order valence-electron chi connectivity index (χ0n) is 22.4. The average molecular weight is 538 g/mol. The van der Waals surface area contributed by atoms with Crippen molar-refractivity contribution in [3.05, 3.63) is 72.1 Å². The highest BCUT2D eigenvalue weighted by Gasteiger charge is 2.40. The van der Waals surface area contributed by atoms with Crippen LogP contribution in [0.5, 0.6) is 5.75 Å². The number of hydroxylamine groups is 2. The van der Waals surface area contributed by atoms with E-state index in [2.05, 4.69) is 0 Å². The van der Waals surface area contributed by atoms with Gasteiger partial charge >= 0.3 is 5.97 Å². The number of fused-ring (bicyclic) bond motifs is 1. The molecule has 0 spiro atoms. The Morgan fingerprint density at radius 3 is 2.21 bits per heavy atom. The van der Waals surface area contributed by atoms with Crippen molar-refractivity contribution in [2.24, 2.45) is 12.8 Å². The molecule has 11 heteroatoms. The van der Waals surface area contributed by atoms with E-state index in [4.69, 9.17) is 20.0 Å². The Kier molecular flexibility index (Phi) is 8.14.